The molecule has 0 aromatic heterocycles. The first kappa shape index (κ1) is 10.1. The van der Waals surface area contributed by atoms with Gasteiger partial charge in [0.25, 0.3) is 0 Å². The molecule has 1 aliphatic carbocycles. The van der Waals surface area contributed by atoms with Crippen LogP contribution in [-0.4, -0.2) is 30.1 Å². The van der Waals surface area contributed by atoms with Gasteiger partial charge in [-0.3, -0.25) is 4.79 Å². The zero-order chi connectivity index (χ0) is 10.8. The van der Waals surface area contributed by atoms with Crippen molar-refractivity contribution in [3.8, 4) is 0 Å². The second-order valence-electron chi connectivity index (χ2n) is 3.68. The van der Waals surface area contributed by atoms with E-state index in [-0.39, 0.29) is 30.9 Å². The Kier molecular flexibility index (Phi) is 2.70. The van der Waals surface area contributed by atoms with Crippen molar-refractivity contribution in [1.82, 2.24) is 5.32 Å². The fraction of sp³-hybridized carbons (Fsp3) is 0.364. The monoisotopic (exact) mass is 206 g/mol. The molecule has 0 aromatic carbocycles. The number of carbonyl (C=O) groups is 1. The zero-order valence-corrected chi connectivity index (χ0v) is 8.31. The Labute approximate surface area is 88.2 Å². The molecule has 0 bridgehead atoms. The van der Waals surface area contributed by atoms with E-state index in [2.05, 4.69) is 5.32 Å². The minimum absolute atomic E-state index is 0.0165. The van der Waals surface area contributed by atoms with E-state index in [0.29, 0.717) is 5.57 Å². The lowest BCUT2D eigenvalue weighted by molar-refractivity contribution is -0.114. The van der Waals surface area contributed by atoms with Gasteiger partial charge in [-0.2, -0.15) is 0 Å². The summed E-state index contributed by atoms with van der Waals surface area (Å²) in [4.78, 5) is 11.6. The number of nitrogens with one attached hydrogen (secondary N) is 1. The molecule has 0 saturated carbocycles. The summed E-state index contributed by atoms with van der Waals surface area (Å²) in [7, 11) is 0. The van der Waals surface area contributed by atoms with Crippen molar-refractivity contribution in [3.05, 3.63) is 35.6 Å². The summed E-state index contributed by atoms with van der Waals surface area (Å²) >= 11 is 0. The summed E-state index contributed by atoms with van der Waals surface area (Å²) in [5.74, 6) is 0.0416. The molecule has 0 fully saturated rings. The molecule has 4 N–H and O–H groups in total. The molecule has 2 unspecified atom stereocenters. The van der Waals surface area contributed by atoms with Gasteiger partial charge in [0.2, 0.25) is 0 Å². The van der Waals surface area contributed by atoms with Crippen LogP contribution >= 0.6 is 0 Å². The van der Waals surface area contributed by atoms with Crippen LogP contribution in [0.1, 0.15) is 0 Å². The minimum atomic E-state index is -0.0480. The second-order valence-corrected chi connectivity index (χ2v) is 3.68. The molecule has 0 aromatic rings. The number of carbonyl (C=O) groups excluding carboxylic acids is 1. The van der Waals surface area contributed by atoms with E-state index < -0.39 is 0 Å². The van der Waals surface area contributed by atoms with Gasteiger partial charge in [-0.1, -0.05) is 18.2 Å². The molecule has 1 heterocycles. The largest absolute Gasteiger partial charge is 0.392 e. The standard InChI is InChI=1S/C11H14N2O2/c12-4-10(15)9-3-1-2-8-7(6-14)5-13-11(8)9/h1-3,5,8,11,13-14H,4,6,12H2. The first-order valence-electron chi connectivity index (χ1n) is 4.95. The number of allylic oxidation sites excluding steroid dienone is 2. The van der Waals surface area contributed by atoms with Crippen molar-refractivity contribution in [2.24, 2.45) is 11.7 Å². The summed E-state index contributed by atoms with van der Waals surface area (Å²) in [6, 6.07) is -0.0480. The number of hydrogen-bond donors (Lipinski definition) is 3. The number of hydrogen-bond acceptors (Lipinski definition) is 4. The fourth-order valence-corrected chi connectivity index (χ4v) is 2.05. The van der Waals surface area contributed by atoms with Gasteiger partial charge in [-0.05, 0) is 11.8 Å². The van der Waals surface area contributed by atoms with Crippen molar-refractivity contribution in [2.75, 3.05) is 13.2 Å². The van der Waals surface area contributed by atoms with Crippen molar-refractivity contribution in [1.29, 1.82) is 0 Å². The fourth-order valence-electron chi connectivity index (χ4n) is 2.05. The maximum atomic E-state index is 11.6. The van der Waals surface area contributed by atoms with Gasteiger partial charge in [0, 0.05) is 11.5 Å². The van der Waals surface area contributed by atoms with Crippen LogP contribution in [0, 0.1) is 5.92 Å². The number of aliphatic hydroxyl groups excluding tert-OH is 1. The zero-order valence-electron chi connectivity index (χ0n) is 8.31. The molecule has 4 heteroatoms. The molecular weight excluding hydrogens is 192 g/mol. The van der Waals surface area contributed by atoms with Crippen LogP contribution in [0.2, 0.25) is 0 Å². The maximum Gasteiger partial charge on any atom is 0.174 e. The van der Waals surface area contributed by atoms with Gasteiger partial charge in [0.15, 0.2) is 5.78 Å². The summed E-state index contributed by atoms with van der Waals surface area (Å²) in [6.07, 6.45) is 7.40. The molecule has 0 amide bonds. The Bertz CT molecular complexity index is 369. The summed E-state index contributed by atoms with van der Waals surface area (Å²) < 4.78 is 0. The predicted octanol–water partition coefficient (Wildman–Crippen LogP) is -0.525. The van der Waals surface area contributed by atoms with Crippen LogP contribution in [0.25, 0.3) is 0 Å². The van der Waals surface area contributed by atoms with Crippen molar-refractivity contribution in [2.45, 2.75) is 6.04 Å². The predicted molar refractivity (Wildman–Crippen MR) is 56.9 cm³/mol. The van der Waals surface area contributed by atoms with E-state index in [1.165, 1.54) is 0 Å². The Hall–Kier alpha value is -1.39. The average molecular weight is 206 g/mol. The molecule has 4 nitrogen and oxygen atoms in total. The van der Waals surface area contributed by atoms with Gasteiger partial charge in [0.05, 0.1) is 19.2 Å². The van der Waals surface area contributed by atoms with Crippen molar-refractivity contribution >= 4 is 5.78 Å². The number of nitrogens with two attached hydrogens (primary N) is 1. The lowest BCUT2D eigenvalue weighted by Crippen LogP contribution is -2.36. The lowest BCUT2D eigenvalue weighted by Gasteiger charge is -2.24. The SMILES string of the molecule is NCC(=O)C1=CC=CC2C(CO)=CNC12. The van der Waals surface area contributed by atoms with E-state index >= 15 is 0 Å². The number of fused-ring (bicyclic) bond motifs is 1. The normalized spacial score (nSPS) is 27.9. The summed E-state index contributed by atoms with van der Waals surface area (Å²) in [5, 5.41) is 12.2. The number of rotatable bonds is 3. The van der Waals surface area contributed by atoms with E-state index in [0.717, 1.165) is 5.57 Å². The minimum Gasteiger partial charge on any atom is -0.392 e. The number of ketones is 1. The molecule has 1 aliphatic heterocycles. The second kappa shape index (κ2) is 4.00. The highest BCUT2D eigenvalue weighted by molar-refractivity contribution is 5.98. The first-order valence-corrected chi connectivity index (χ1v) is 4.95. The average Bonchev–Trinajstić information content (AvgIpc) is 2.70. The van der Waals surface area contributed by atoms with Crippen molar-refractivity contribution in [3.63, 3.8) is 0 Å². The quantitative estimate of drug-likeness (QED) is 0.580. The molecule has 2 aliphatic rings. The first-order chi connectivity index (χ1) is 7.27. The van der Waals surface area contributed by atoms with Crippen LogP contribution in [0.3, 0.4) is 0 Å². The van der Waals surface area contributed by atoms with E-state index in [9.17, 15) is 4.79 Å². The Morgan fingerprint density at radius 1 is 1.60 bits per heavy atom. The van der Waals surface area contributed by atoms with Crippen LogP contribution in [0.5, 0.6) is 0 Å². The Balaban J connectivity index is 2.23. The summed E-state index contributed by atoms with van der Waals surface area (Å²) in [5.41, 5.74) is 6.95. The molecule has 0 spiro atoms. The van der Waals surface area contributed by atoms with Gasteiger partial charge in [0.1, 0.15) is 0 Å². The third-order valence-electron chi connectivity index (χ3n) is 2.85. The smallest absolute Gasteiger partial charge is 0.174 e. The van der Waals surface area contributed by atoms with Crippen LogP contribution < -0.4 is 11.1 Å². The summed E-state index contributed by atoms with van der Waals surface area (Å²) in [6.45, 7) is 0.0433. The van der Waals surface area contributed by atoms with E-state index in [1.807, 2.05) is 12.2 Å². The Morgan fingerprint density at radius 3 is 3.07 bits per heavy atom. The van der Waals surface area contributed by atoms with Gasteiger partial charge in [-0.25, -0.2) is 0 Å². The highest BCUT2D eigenvalue weighted by Gasteiger charge is 2.33. The van der Waals surface area contributed by atoms with Gasteiger partial charge in [-0.15, -0.1) is 0 Å². The number of Topliss-reactive ketones (excluding diaryl/α,β-unsaturated/α-hetero) is 1. The molecular formula is C11H14N2O2. The lowest BCUT2D eigenvalue weighted by atomic mass is 9.84. The van der Waals surface area contributed by atoms with Gasteiger partial charge < -0.3 is 16.2 Å². The molecule has 2 rings (SSSR count). The molecule has 0 radical (unpaired) electrons. The topological polar surface area (TPSA) is 75.4 Å². The number of aliphatic hydroxyl groups is 1. The molecule has 0 saturated heterocycles. The Morgan fingerprint density at radius 2 is 2.40 bits per heavy atom. The third kappa shape index (κ3) is 1.62. The van der Waals surface area contributed by atoms with Crippen LogP contribution in [-0.2, 0) is 4.79 Å². The highest BCUT2D eigenvalue weighted by Crippen LogP contribution is 2.30. The van der Waals surface area contributed by atoms with Gasteiger partial charge >= 0.3 is 0 Å². The third-order valence-corrected chi connectivity index (χ3v) is 2.85. The van der Waals surface area contributed by atoms with Crippen LogP contribution in [0.15, 0.2) is 35.6 Å². The molecule has 2 atom stereocenters. The van der Waals surface area contributed by atoms with Crippen molar-refractivity contribution < 1.29 is 9.90 Å². The maximum absolute atomic E-state index is 11.6. The van der Waals surface area contributed by atoms with Crippen LogP contribution in [0.4, 0.5) is 0 Å². The van der Waals surface area contributed by atoms with E-state index in [1.54, 1.807) is 12.3 Å². The highest BCUT2D eigenvalue weighted by atomic mass is 16.3. The molecule has 15 heavy (non-hydrogen) atoms. The van der Waals surface area contributed by atoms with E-state index in [4.69, 9.17) is 10.8 Å². The molecule has 80 valence electrons.